The molecule has 26 heavy (non-hydrogen) atoms. The molecule has 2 aromatic rings. The highest BCUT2D eigenvalue weighted by Gasteiger charge is 2.31. The minimum absolute atomic E-state index is 0. The topological polar surface area (TPSA) is 81.3 Å². The van der Waals surface area contributed by atoms with E-state index >= 15 is 0 Å². The Balaban J connectivity index is 0.00000196. The van der Waals surface area contributed by atoms with Gasteiger partial charge >= 0.3 is 0 Å². The molecular formula is C17H26ClN5O2S. The van der Waals surface area contributed by atoms with Crippen LogP contribution < -0.4 is 5.32 Å². The third-order valence-corrected chi connectivity index (χ3v) is 7.22. The maximum atomic E-state index is 13.0. The first kappa shape index (κ1) is 19.6. The second-order valence-corrected chi connectivity index (χ2v) is 8.88. The highest BCUT2D eigenvalue weighted by molar-refractivity contribution is 7.89. The molecule has 1 unspecified atom stereocenters. The number of halogens is 1. The van der Waals surface area contributed by atoms with Crippen LogP contribution in [0.4, 0.5) is 0 Å². The molecule has 2 aliphatic heterocycles. The molecule has 0 spiro atoms. The lowest BCUT2D eigenvalue weighted by Gasteiger charge is -2.36. The summed E-state index contributed by atoms with van der Waals surface area (Å²) in [4.78, 5) is 9.88. The molecule has 9 heteroatoms. The van der Waals surface area contributed by atoms with Gasteiger partial charge in [-0.05, 0) is 44.0 Å². The number of aromatic nitrogens is 2. The predicted octanol–water partition coefficient (Wildman–Crippen LogP) is 1.29. The van der Waals surface area contributed by atoms with Gasteiger partial charge in [0, 0.05) is 50.5 Å². The lowest BCUT2D eigenvalue weighted by molar-refractivity contribution is 0.154. The molecule has 2 aromatic heterocycles. The smallest absolute Gasteiger partial charge is 0.245 e. The number of nitrogens with zero attached hydrogens (tertiary/aromatic N) is 3. The number of fused-ring (bicyclic) bond motifs is 1. The molecule has 0 aliphatic carbocycles. The average molecular weight is 400 g/mol. The van der Waals surface area contributed by atoms with Gasteiger partial charge in [0.25, 0.3) is 0 Å². The summed E-state index contributed by atoms with van der Waals surface area (Å²) in [5.74, 6) is 0.691. The van der Waals surface area contributed by atoms with Gasteiger partial charge in [0.15, 0.2) is 0 Å². The van der Waals surface area contributed by atoms with E-state index in [1.807, 2.05) is 0 Å². The standard InChI is InChI=1S/C17H25N5O2S.ClH/c23-25(24,16-12-20-17-15(16)4-2-6-19-17)22-9-7-21(8-10-22)13-14-3-1-5-18-11-14;/h2,4,6,12,14,18H,1,3,5,7-11,13H2,(H,19,20);1H. The van der Waals surface area contributed by atoms with Crippen LogP contribution in [0.1, 0.15) is 12.8 Å². The average Bonchev–Trinajstić information content (AvgIpc) is 3.08. The quantitative estimate of drug-likeness (QED) is 0.809. The molecule has 4 rings (SSSR count). The van der Waals surface area contributed by atoms with Gasteiger partial charge in [-0.15, -0.1) is 12.4 Å². The molecule has 2 saturated heterocycles. The zero-order valence-corrected chi connectivity index (χ0v) is 16.4. The third kappa shape index (κ3) is 3.89. The molecule has 0 saturated carbocycles. The molecule has 7 nitrogen and oxygen atoms in total. The summed E-state index contributed by atoms with van der Waals surface area (Å²) < 4.78 is 27.6. The summed E-state index contributed by atoms with van der Waals surface area (Å²) in [6, 6.07) is 3.57. The Kier molecular flexibility index (Phi) is 6.19. The van der Waals surface area contributed by atoms with Gasteiger partial charge in [-0.2, -0.15) is 4.31 Å². The van der Waals surface area contributed by atoms with Gasteiger partial charge in [0.05, 0.1) is 0 Å². The van der Waals surface area contributed by atoms with Crippen molar-refractivity contribution in [2.24, 2.45) is 5.92 Å². The lowest BCUT2D eigenvalue weighted by atomic mass is 9.99. The van der Waals surface area contributed by atoms with E-state index in [2.05, 4.69) is 20.2 Å². The van der Waals surface area contributed by atoms with Gasteiger partial charge in [-0.1, -0.05) is 0 Å². The van der Waals surface area contributed by atoms with Crippen LogP contribution in [-0.4, -0.2) is 73.4 Å². The summed E-state index contributed by atoms with van der Waals surface area (Å²) in [5.41, 5.74) is 0.615. The number of hydrogen-bond acceptors (Lipinski definition) is 5. The van der Waals surface area contributed by atoms with Gasteiger partial charge in [-0.3, -0.25) is 0 Å². The van der Waals surface area contributed by atoms with Crippen molar-refractivity contribution < 1.29 is 8.42 Å². The molecule has 0 aromatic carbocycles. The van der Waals surface area contributed by atoms with Gasteiger partial charge in [0.1, 0.15) is 10.5 Å². The van der Waals surface area contributed by atoms with Crippen molar-refractivity contribution in [2.45, 2.75) is 17.7 Å². The summed E-state index contributed by atoms with van der Waals surface area (Å²) in [7, 11) is -3.48. The minimum Gasteiger partial charge on any atom is -0.345 e. The van der Waals surface area contributed by atoms with Crippen molar-refractivity contribution >= 4 is 33.5 Å². The molecule has 1 atom stereocenters. The van der Waals surface area contributed by atoms with E-state index in [0.717, 1.165) is 32.7 Å². The maximum absolute atomic E-state index is 13.0. The van der Waals surface area contributed by atoms with Crippen molar-refractivity contribution in [3.63, 3.8) is 0 Å². The number of hydrogen-bond donors (Lipinski definition) is 2. The predicted molar refractivity (Wildman–Crippen MR) is 104 cm³/mol. The van der Waals surface area contributed by atoms with Crippen LogP contribution in [0.2, 0.25) is 0 Å². The molecule has 144 valence electrons. The molecule has 4 heterocycles. The van der Waals surface area contributed by atoms with Gasteiger partial charge in [-0.25, -0.2) is 13.4 Å². The Hall–Kier alpha value is -1.19. The first-order valence-electron chi connectivity index (χ1n) is 9.00. The van der Waals surface area contributed by atoms with E-state index in [9.17, 15) is 8.42 Å². The largest absolute Gasteiger partial charge is 0.345 e. The van der Waals surface area contributed by atoms with Crippen LogP contribution in [0.25, 0.3) is 11.0 Å². The highest BCUT2D eigenvalue weighted by atomic mass is 35.5. The highest BCUT2D eigenvalue weighted by Crippen LogP contribution is 2.25. The fourth-order valence-corrected chi connectivity index (χ4v) is 5.45. The molecule has 2 fully saturated rings. The van der Waals surface area contributed by atoms with Gasteiger partial charge < -0.3 is 15.2 Å². The molecular weight excluding hydrogens is 374 g/mol. The summed E-state index contributed by atoms with van der Waals surface area (Å²) in [5, 5.41) is 4.12. The zero-order valence-electron chi connectivity index (χ0n) is 14.7. The SMILES string of the molecule is Cl.O=S(=O)(c1c[nH]c2ncccc12)N1CCN(CC2CCCNC2)CC1. The number of rotatable bonds is 4. The number of H-pyrrole nitrogens is 1. The van der Waals surface area contributed by atoms with E-state index in [1.165, 1.54) is 12.8 Å². The van der Waals surface area contributed by atoms with Crippen LogP contribution in [0.3, 0.4) is 0 Å². The van der Waals surface area contributed by atoms with Crippen LogP contribution in [0.5, 0.6) is 0 Å². The zero-order chi connectivity index (χ0) is 17.3. The molecule has 2 N–H and O–H groups in total. The number of piperidine rings is 1. The Labute approximate surface area is 160 Å². The lowest BCUT2D eigenvalue weighted by Crippen LogP contribution is -2.50. The first-order valence-corrected chi connectivity index (χ1v) is 10.4. The number of nitrogens with one attached hydrogen (secondary N) is 2. The number of sulfonamides is 1. The normalized spacial score (nSPS) is 23.0. The second kappa shape index (κ2) is 8.22. The summed E-state index contributed by atoms with van der Waals surface area (Å²) >= 11 is 0. The van der Waals surface area contributed by atoms with Crippen molar-refractivity contribution in [1.82, 2.24) is 24.5 Å². The molecule has 0 bridgehead atoms. The Morgan fingerprint density at radius 1 is 1.23 bits per heavy atom. The van der Waals surface area contributed by atoms with Gasteiger partial charge in [0.2, 0.25) is 10.0 Å². The van der Waals surface area contributed by atoms with E-state index < -0.39 is 10.0 Å². The summed E-state index contributed by atoms with van der Waals surface area (Å²) in [6.07, 6.45) is 5.74. The second-order valence-electron chi connectivity index (χ2n) is 6.97. The van der Waals surface area contributed by atoms with E-state index in [0.29, 0.717) is 34.9 Å². The third-order valence-electron chi connectivity index (χ3n) is 5.28. The van der Waals surface area contributed by atoms with Crippen molar-refractivity contribution in [3.8, 4) is 0 Å². The van der Waals surface area contributed by atoms with Crippen molar-refractivity contribution in [1.29, 1.82) is 0 Å². The molecule has 0 radical (unpaired) electrons. The fourth-order valence-electron chi connectivity index (χ4n) is 3.88. The van der Waals surface area contributed by atoms with E-state index in [-0.39, 0.29) is 12.4 Å². The monoisotopic (exact) mass is 399 g/mol. The minimum atomic E-state index is -3.48. The molecule has 2 aliphatic rings. The Morgan fingerprint density at radius 3 is 2.77 bits per heavy atom. The number of piperazine rings is 1. The van der Waals surface area contributed by atoms with Crippen molar-refractivity contribution in [2.75, 3.05) is 45.8 Å². The van der Waals surface area contributed by atoms with Crippen molar-refractivity contribution in [3.05, 3.63) is 24.5 Å². The summed E-state index contributed by atoms with van der Waals surface area (Å²) in [6.45, 7) is 5.98. The number of pyridine rings is 1. The van der Waals surface area contributed by atoms with E-state index in [1.54, 1.807) is 28.8 Å². The van der Waals surface area contributed by atoms with Crippen LogP contribution in [0, 0.1) is 5.92 Å². The Bertz CT molecular complexity index is 827. The van der Waals surface area contributed by atoms with Crippen LogP contribution >= 0.6 is 12.4 Å². The Morgan fingerprint density at radius 2 is 2.04 bits per heavy atom. The van der Waals surface area contributed by atoms with Crippen LogP contribution in [-0.2, 0) is 10.0 Å². The number of aromatic amines is 1. The van der Waals surface area contributed by atoms with Crippen LogP contribution in [0.15, 0.2) is 29.4 Å². The maximum Gasteiger partial charge on any atom is 0.245 e. The first-order chi connectivity index (χ1) is 12.1. The van der Waals surface area contributed by atoms with E-state index in [4.69, 9.17) is 0 Å². The molecule has 0 amide bonds. The fraction of sp³-hybridized carbons (Fsp3) is 0.588.